The van der Waals surface area contributed by atoms with Crippen molar-refractivity contribution in [3.8, 4) is 73.2 Å². The van der Waals surface area contributed by atoms with E-state index in [1.54, 1.807) is 0 Å². The number of aromatic nitrogens is 4. The van der Waals surface area contributed by atoms with Crippen molar-refractivity contribution in [1.82, 2.24) is 19.5 Å². The molecule has 386 valence electrons. The molecule has 16 rings (SSSR count). The molecule has 0 fully saturated rings. The van der Waals surface area contributed by atoms with E-state index in [1.807, 2.05) is 17.4 Å². The first-order chi connectivity index (χ1) is 40.4. The fourth-order valence-electron chi connectivity index (χ4n) is 12.8. The van der Waals surface area contributed by atoms with Crippen LogP contribution in [0.25, 0.3) is 126 Å². The molecule has 0 unspecified atom stereocenters. The Balaban J connectivity index is 0.913. The van der Waals surface area contributed by atoms with Crippen LogP contribution in [0.4, 0.5) is 17.1 Å². The minimum absolute atomic E-state index is 0.241. The summed E-state index contributed by atoms with van der Waals surface area (Å²) in [4.78, 5) is 18.7. The molecule has 5 nitrogen and oxygen atoms in total. The number of hydrogen-bond donors (Lipinski definition) is 0. The van der Waals surface area contributed by atoms with E-state index in [-0.39, 0.29) is 5.41 Å². The van der Waals surface area contributed by atoms with E-state index in [4.69, 9.17) is 15.0 Å². The number of para-hydroxylation sites is 1. The zero-order chi connectivity index (χ0) is 54.5. The Bertz CT molecular complexity index is 5000. The molecule has 0 spiro atoms. The number of rotatable bonds is 9. The van der Waals surface area contributed by atoms with Crippen molar-refractivity contribution in [1.29, 1.82) is 0 Å². The zero-order valence-electron chi connectivity index (χ0n) is 45.1. The highest BCUT2D eigenvalue weighted by atomic mass is 32.1. The molecule has 3 aromatic heterocycles. The van der Waals surface area contributed by atoms with Crippen molar-refractivity contribution in [3.63, 3.8) is 0 Å². The van der Waals surface area contributed by atoms with Crippen molar-refractivity contribution in [2.24, 2.45) is 0 Å². The van der Waals surface area contributed by atoms with Gasteiger partial charge in [0.2, 0.25) is 5.95 Å². The second-order valence-corrected chi connectivity index (χ2v) is 23.0. The van der Waals surface area contributed by atoms with E-state index in [1.165, 1.54) is 75.5 Å². The maximum absolute atomic E-state index is 5.54. The molecule has 0 amide bonds. The van der Waals surface area contributed by atoms with Crippen LogP contribution in [0.15, 0.2) is 273 Å². The molecule has 0 N–H and O–H groups in total. The lowest BCUT2D eigenvalue weighted by Gasteiger charge is -2.29. The van der Waals surface area contributed by atoms with Gasteiger partial charge < -0.3 is 4.90 Å². The second kappa shape index (κ2) is 18.9. The molecular weight excluding hydrogens is 1010 g/mol. The summed E-state index contributed by atoms with van der Waals surface area (Å²) in [6.07, 6.45) is 0. The predicted octanol–water partition coefficient (Wildman–Crippen LogP) is 20.6. The van der Waals surface area contributed by atoms with Gasteiger partial charge in [0.05, 0.1) is 22.4 Å². The molecule has 0 radical (unpaired) electrons. The van der Waals surface area contributed by atoms with Gasteiger partial charge in [-0.25, -0.2) is 4.98 Å². The lowest BCUT2D eigenvalue weighted by atomic mass is 9.82. The molecule has 15 aromatic rings. The second-order valence-electron chi connectivity index (χ2n) is 21.9. The summed E-state index contributed by atoms with van der Waals surface area (Å²) in [6.45, 7) is 4.70. The minimum Gasteiger partial charge on any atom is -0.309 e. The van der Waals surface area contributed by atoms with Crippen molar-refractivity contribution in [2.45, 2.75) is 19.3 Å². The van der Waals surface area contributed by atoms with Gasteiger partial charge in [-0.1, -0.05) is 232 Å². The fourth-order valence-corrected chi connectivity index (χ4v) is 14.1. The summed E-state index contributed by atoms with van der Waals surface area (Å²) in [5.41, 5.74) is 19.1. The number of hydrogen-bond acceptors (Lipinski definition) is 5. The van der Waals surface area contributed by atoms with Crippen LogP contribution in [0.5, 0.6) is 0 Å². The lowest BCUT2D eigenvalue weighted by molar-refractivity contribution is 0.661. The van der Waals surface area contributed by atoms with E-state index in [9.17, 15) is 0 Å². The molecule has 1 aliphatic carbocycles. The highest BCUT2D eigenvalue weighted by Crippen LogP contribution is 2.52. The monoisotopic (exact) mass is 1070 g/mol. The van der Waals surface area contributed by atoms with Gasteiger partial charge in [-0.2, -0.15) is 9.97 Å². The van der Waals surface area contributed by atoms with Gasteiger partial charge in [0.1, 0.15) is 0 Å². The quantitative estimate of drug-likeness (QED) is 0.145. The SMILES string of the molecule is CC1(C)c2ccccc2-c2cc3c4cc(-c5ccccc5N(c5ccc(-c6ccccc6)cc5)c5cccc6ccccc56)ccc4n(-c4nc(-c5ccccc5)nc(-c5ccc6c(c5)sc5c(-c7ccccc7)cccc56)n4)c3cc21. The number of nitrogens with zero attached hydrogens (tertiary/aromatic N) is 5. The number of anilines is 3. The standard InChI is InChI=1S/C76H51N5S/c1-76(2)65-33-16-14-30-59(65)62-46-64-63-44-53(57-29-15-17-34-67(57)80(68-35-18-27-50-24-12-13-28-56(50)68)55-40-36-49(37-41-55)48-20-6-3-7-21-48)39-43-69(63)81(70(64)47-66(62)76)75-78-73(52-25-10-5-11-26-52)77-74(79-75)54-38-42-60-61-32-19-31-58(51-22-8-4-9-23-51)72(61)82-71(60)45-54/h3-47H,1-2H3. The van der Waals surface area contributed by atoms with Gasteiger partial charge >= 0.3 is 0 Å². The molecule has 0 saturated carbocycles. The first kappa shape index (κ1) is 47.7. The molecule has 6 heteroatoms. The minimum atomic E-state index is -0.241. The molecule has 0 aliphatic heterocycles. The fraction of sp³-hybridized carbons (Fsp3) is 0.0395. The normalized spacial score (nSPS) is 12.6. The zero-order valence-corrected chi connectivity index (χ0v) is 45.9. The van der Waals surface area contributed by atoms with Gasteiger partial charge in [0.25, 0.3) is 0 Å². The average molecular weight is 1070 g/mol. The Morgan fingerprint density at radius 3 is 1.74 bits per heavy atom. The van der Waals surface area contributed by atoms with Gasteiger partial charge in [-0.05, 0) is 110 Å². The van der Waals surface area contributed by atoms with E-state index in [0.717, 1.165) is 61.1 Å². The molecule has 3 heterocycles. The molecule has 0 saturated heterocycles. The molecule has 0 atom stereocenters. The summed E-state index contributed by atoms with van der Waals surface area (Å²) in [6, 6.07) is 98.8. The third-order valence-corrected chi connectivity index (χ3v) is 18.1. The lowest BCUT2D eigenvalue weighted by Crippen LogP contribution is -2.15. The first-order valence-electron chi connectivity index (χ1n) is 28.0. The largest absolute Gasteiger partial charge is 0.309 e. The number of fused-ring (bicyclic) bond motifs is 10. The van der Waals surface area contributed by atoms with Crippen LogP contribution in [0, 0.1) is 0 Å². The molecule has 1 aliphatic rings. The van der Waals surface area contributed by atoms with Crippen LogP contribution in [-0.2, 0) is 5.41 Å². The third-order valence-electron chi connectivity index (χ3n) is 16.9. The summed E-state index contributed by atoms with van der Waals surface area (Å²) in [5.74, 6) is 1.79. The van der Waals surface area contributed by atoms with Crippen LogP contribution < -0.4 is 4.90 Å². The van der Waals surface area contributed by atoms with Crippen LogP contribution >= 0.6 is 11.3 Å². The van der Waals surface area contributed by atoms with Gasteiger partial charge in [-0.15, -0.1) is 11.3 Å². The summed E-state index contributed by atoms with van der Waals surface area (Å²) in [5, 5.41) is 7.07. The van der Waals surface area contributed by atoms with E-state index in [2.05, 4.69) is 290 Å². The summed E-state index contributed by atoms with van der Waals surface area (Å²) in [7, 11) is 0. The molecule has 82 heavy (non-hydrogen) atoms. The van der Waals surface area contributed by atoms with E-state index >= 15 is 0 Å². The van der Waals surface area contributed by atoms with Crippen LogP contribution in [0.1, 0.15) is 25.0 Å². The molecule has 0 bridgehead atoms. The maximum Gasteiger partial charge on any atom is 0.238 e. The predicted molar refractivity (Wildman–Crippen MR) is 344 cm³/mol. The highest BCUT2D eigenvalue weighted by Gasteiger charge is 2.36. The Kier molecular flexibility index (Phi) is 11.0. The van der Waals surface area contributed by atoms with Crippen molar-refractivity contribution >= 4 is 81.1 Å². The average Bonchev–Trinajstić information content (AvgIpc) is 4.30. The number of benzene rings is 12. The Hall–Kier alpha value is -10.3. The Labute approximate surface area is 479 Å². The smallest absolute Gasteiger partial charge is 0.238 e. The van der Waals surface area contributed by atoms with Crippen LogP contribution in [0.2, 0.25) is 0 Å². The topological polar surface area (TPSA) is 46.8 Å². The Morgan fingerprint density at radius 2 is 0.939 bits per heavy atom. The number of thiophene rings is 1. The van der Waals surface area contributed by atoms with Gasteiger partial charge in [0, 0.05) is 64.1 Å². The Morgan fingerprint density at radius 1 is 0.354 bits per heavy atom. The van der Waals surface area contributed by atoms with Crippen LogP contribution in [-0.4, -0.2) is 19.5 Å². The third kappa shape index (κ3) is 7.71. The van der Waals surface area contributed by atoms with E-state index < -0.39 is 0 Å². The summed E-state index contributed by atoms with van der Waals surface area (Å²) >= 11 is 1.82. The van der Waals surface area contributed by atoms with Gasteiger partial charge in [-0.3, -0.25) is 4.57 Å². The molecule has 12 aromatic carbocycles. The van der Waals surface area contributed by atoms with E-state index in [0.29, 0.717) is 17.6 Å². The van der Waals surface area contributed by atoms with Crippen molar-refractivity contribution in [2.75, 3.05) is 4.90 Å². The maximum atomic E-state index is 5.54. The van der Waals surface area contributed by atoms with Gasteiger partial charge in [0.15, 0.2) is 11.6 Å². The van der Waals surface area contributed by atoms with Crippen LogP contribution in [0.3, 0.4) is 0 Å². The summed E-state index contributed by atoms with van der Waals surface area (Å²) < 4.78 is 4.74. The highest BCUT2D eigenvalue weighted by molar-refractivity contribution is 7.26. The first-order valence-corrected chi connectivity index (χ1v) is 28.8. The van der Waals surface area contributed by atoms with Crippen molar-refractivity contribution < 1.29 is 0 Å². The molecular formula is C76H51N5S. The van der Waals surface area contributed by atoms with Crippen molar-refractivity contribution in [3.05, 3.63) is 284 Å².